The van der Waals surface area contributed by atoms with Gasteiger partial charge in [-0.05, 0) is 66.6 Å². The van der Waals surface area contributed by atoms with Crippen molar-refractivity contribution >= 4 is 34.7 Å². The fourth-order valence-corrected chi connectivity index (χ4v) is 5.89. The fraction of sp³-hybridized carbons (Fsp3) is 0.273. The summed E-state index contributed by atoms with van der Waals surface area (Å²) < 4.78 is 41.2. The number of amides is 1. The summed E-state index contributed by atoms with van der Waals surface area (Å²) in [6.45, 7) is 5.90. The first-order valence-corrected chi connectivity index (χ1v) is 14.6. The molecule has 1 N–H and O–H groups in total. The lowest BCUT2D eigenvalue weighted by molar-refractivity contribution is -0.138. The number of benzene rings is 3. The molecule has 0 saturated carbocycles. The van der Waals surface area contributed by atoms with Crippen LogP contribution >= 0.6 is 11.6 Å². The number of carbonyl (C=O) groups is 1. The molecule has 0 aliphatic carbocycles. The molecule has 0 radical (unpaired) electrons. The molecule has 222 valence electrons. The molecule has 3 aromatic carbocycles. The van der Waals surface area contributed by atoms with E-state index in [0.717, 1.165) is 36.0 Å². The van der Waals surface area contributed by atoms with Crippen LogP contribution in [0.25, 0.3) is 11.1 Å². The van der Waals surface area contributed by atoms with Gasteiger partial charge in [0.2, 0.25) is 0 Å². The molecule has 1 fully saturated rings. The zero-order valence-electron chi connectivity index (χ0n) is 23.7. The highest BCUT2D eigenvalue weighted by Gasteiger charge is 2.34. The molecule has 0 bridgehead atoms. The van der Waals surface area contributed by atoms with Crippen LogP contribution < -0.4 is 15.1 Å². The highest BCUT2D eigenvalue weighted by molar-refractivity contribution is 6.30. The van der Waals surface area contributed by atoms with Gasteiger partial charge in [-0.1, -0.05) is 41.4 Å². The number of hydrogen-bond donors (Lipinski definition) is 1. The number of fused-ring (bicyclic) bond motifs is 1. The molecule has 1 saturated heterocycles. The predicted octanol–water partition coefficient (Wildman–Crippen LogP) is 7.12. The molecule has 0 unspecified atom stereocenters. The molecule has 1 amide bonds. The van der Waals surface area contributed by atoms with Gasteiger partial charge in [0.05, 0.1) is 11.3 Å². The van der Waals surface area contributed by atoms with Crippen LogP contribution in [0.1, 0.15) is 27.0 Å². The van der Waals surface area contributed by atoms with E-state index in [1.54, 1.807) is 6.20 Å². The second-order valence-electron chi connectivity index (χ2n) is 10.9. The van der Waals surface area contributed by atoms with Crippen molar-refractivity contribution in [3.63, 3.8) is 0 Å². The molecule has 2 aliphatic rings. The molecule has 0 spiro atoms. The Labute approximate surface area is 253 Å². The molecule has 6 rings (SSSR count). The monoisotopic (exact) mass is 605 g/mol. The lowest BCUT2D eigenvalue weighted by atomic mass is 10.0. The van der Waals surface area contributed by atoms with Crippen LogP contribution in [0.3, 0.4) is 0 Å². The average Bonchev–Trinajstić information content (AvgIpc) is 3.01. The van der Waals surface area contributed by atoms with Crippen molar-refractivity contribution < 1.29 is 18.0 Å². The zero-order chi connectivity index (χ0) is 30.1. The van der Waals surface area contributed by atoms with E-state index >= 15 is 0 Å². The first-order chi connectivity index (χ1) is 20.7. The summed E-state index contributed by atoms with van der Waals surface area (Å²) in [7, 11) is 0. The molecular formula is C33H31ClF3N5O. The largest absolute Gasteiger partial charge is 0.416 e. The number of aromatic nitrogens is 1. The number of piperazine rings is 1. The molecule has 6 nitrogen and oxygen atoms in total. The van der Waals surface area contributed by atoms with E-state index < -0.39 is 11.7 Å². The topological polar surface area (TPSA) is 51.7 Å². The zero-order valence-corrected chi connectivity index (χ0v) is 24.4. The van der Waals surface area contributed by atoms with Crippen molar-refractivity contribution in [1.82, 2.24) is 9.88 Å². The Kier molecular flexibility index (Phi) is 7.92. The smallest absolute Gasteiger partial charge is 0.368 e. The highest BCUT2D eigenvalue weighted by Crippen LogP contribution is 2.37. The van der Waals surface area contributed by atoms with E-state index in [0.29, 0.717) is 43.2 Å². The van der Waals surface area contributed by atoms with Gasteiger partial charge in [0.1, 0.15) is 5.82 Å². The van der Waals surface area contributed by atoms with Gasteiger partial charge in [-0.3, -0.25) is 4.79 Å². The number of alkyl halides is 3. The van der Waals surface area contributed by atoms with E-state index in [1.807, 2.05) is 40.1 Å². The minimum atomic E-state index is -4.49. The van der Waals surface area contributed by atoms with Gasteiger partial charge in [0.25, 0.3) is 5.91 Å². The van der Waals surface area contributed by atoms with Crippen LogP contribution in [-0.4, -0.2) is 55.1 Å². The third-order valence-electron chi connectivity index (χ3n) is 8.03. The van der Waals surface area contributed by atoms with Crippen LogP contribution in [0, 0.1) is 6.92 Å². The minimum absolute atomic E-state index is 0.0275. The number of rotatable bonds is 5. The van der Waals surface area contributed by atoms with Crippen molar-refractivity contribution in [3.8, 4) is 11.1 Å². The fourth-order valence-electron chi connectivity index (χ4n) is 5.70. The SMILES string of the molecule is Cc1ccc(N2CCN(C(=O)c3cccc(-c4cnc5c(c4)N(Cc4cc(Cl)ccc4C(F)(F)F)CCN5)c3)CC2)cc1. The van der Waals surface area contributed by atoms with Crippen LogP contribution in [0.15, 0.2) is 79.0 Å². The minimum Gasteiger partial charge on any atom is -0.368 e. The van der Waals surface area contributed by atoms with E-state index in [-0.39, 0.29) is 23.0 Å². The number of carbonyl (C=O) groups excluding carboxylic acids is 1. The Bertz CT molecular complexity index is 1630. The van der Waals surface area contributed by atoms with Gasteiger partial charge in [0, 0.05) is 73.8 Å². The third kappa shape index (κ3) is 6.27. The maximum absolute atomic E-state index is 13.7. The van der Waals surface area contributed by atoms with Crippen molar-refractivity contribution in [2.45, 2.75) is 19.6 Å². The Morgan fingerprint density at radius 2 is 1.70 bits per heavy atom. The number of anilines is 3. The average molecular weight is 606 g/mol. The van der Waals surface area contributed by atoms with E-state index in [9.17, 15) is 18.0 Å². The molecule has 4 aromatic rings. The Hall–Kier alpha value is -4.24. The predicted molar refractivity (Wildman–Crippen MR) is 165 cm³/mol. The summed E-state index contributed by atoms with van der Waals surface area (Å²) in [5.41, 5.74) is 4.64. The second kappa shape index (κ2) is 11.8. The lowest BCUT2D eigenvalue weighted by Crippen LogP contribution is -2.48. The maximum atomic E-state index is 13.7. The van der Waals surface area contributed by atoms with Crippen molar-refractivity contribution in [2.24, 2.45) is 0 Å². The first-order valence-electron chi connectivity index (χ1n) is 14.2. The molecule has 3 heterocycles. The molecule has 43 heavy (non-hydrogen) atoms. The number of nitrogens with zero attached hydrogens (tertiary/aromatic N) is 4. The summed E-state index contributed by atoms with van der Waals surface area (Å²) >= 11 is 6.08. The van der Waals surface area contributed by atoms with Gasteiger partial charge in [0.15, 0.2) is 0 Å². The second-order valence-corrected chi connectivity index (χ2v) is 11.4. The van der Waals surface area contributed by atoms with Gasteiger partial charge in [-0.15, -0.1) is 0 Å². The number of nitrogens with one attached hydrogen (secondary N) is 1. The molecule has 10 heteroatoms. The summed E-state index contributed by atoms with van der Waals surface area (Å²) in [4.78, 5) is 24.1. The number of pyridine rings is 1. The van der Waals surface area contributed by atoms with Crippen LogP contribution in [0.5, 0.6) is 0 Å². The van der Waals surface area contributed by atoms with Gasteiger partial charge < -0.3 is 20.0 Å². The molecule has 1 aromatic heterocycles. The summed E-state index contributed by atoms with van der Waals surface area (Å²) in [6, 6.07) is 21.4. The van der Waals surface area contributed by atoms with Crippen molar-refractivity contribution in [2.75, 3.05) is 54.4 Å². The van der Waals surface area contributed by atoms with E-state index in [2.05, 4.69) is 46.4 Å². The van der Waals surface area contributed by atoms with Gasteiger partial charge in [-0.25, -0.2) is 4.98 Å². The Morgan fingerprint density at radius 1 is 0.930 bits per heavy atom. The number of hydrogen-bond acceptors (Lipinski definition) is 5. The van der Waals surface area contributed by atoms with Crippen molar-refractivity contribution in [3.05, 3.63) is 106 Å². The lowest BCUT2D eigenvalue weighted by Gasteiger charge is -2.36. The first kappa shape index (κ1) is 28.9. The molecule has 2 aliphatic heterocycles. The maximum Gasteiger partial charge on any atom is 0.416 e. The normalized spacial score (nSPS) is 15.2. The van der Waals surface area contributed by atoms with Crippen LogP contribution in [0.4, 0.5) is 30.4 Å². The number of halogens is 4. The summed E-state index contributed by atoms with van der Waals surface area (Å²) in [5.74, 6) is 0.574. The summed E-state index contributed by atoms with van der Waals surface area (Å²) in [6.07, 6.45) is -2.77. The number of aryl methyl sites for hydroxylation is 1. The highest BCUT2D eigenvalue weighted by atomic mass is 35.5. The quantitative estimate of drug-likeness (QED) is 0.262. The van der Waals surface area contributed by atoms with Gasteiger partial charge in [-0.2, -0.15) is 13.2 Å². The third-order valence-corrected chi connectivity index (χ3v) is 8.26. The summed E-state index contributed by atoms with van der Waals surface area (Å²) in [5, 5.41) is 3.49. The standard InChI is InChI=1S/C33H31ClF3N5O/c1-22-5-8-28(9-6-22)40-13-15-41(16-14-40)32(43)24-4-2-3-23(17-24)25-19-30-31(39-20-25)38-11-12-42(30)21-26-18-27(34)7-10-29(26)33(35,36)37/h2-10,17-20H,11-16,21H2,1H3,(H,38,39). The Morgan fingerprint density at radius 3 is 2.44 bits per heavy atom. The molecular weight excluding hydrogens is 575 g/mol. The van der Waals surface area contributed by atoms with Gasteiger partial charge >= 0.3 is 6.18 Å². The van der Waals surface area contributed by atoms with E-state index in [1.165, 1.54) is 17.7 Å². The Balaban J connectivity index is 1.20. The van der Waals surface area contributed by atoms with Crippen molar-refractivity contribution in [1.29, 1.82) is 0 Å². The van der Waals surface area contributed by atoms with E-state index in [4.69, 9.17) is 11.6 Å². The van der Waals surface area contributed by atoms with Crippen LogP contribution in [0.2, 0.25) is 5.02 Å². The molecule has 0 atom stereocenters. The van der Waals surface area contributed by atoms with Crippen LogP contribution in [-0.2, 0) is 12.7 Å².